The number of piperidine rings is 1. The number of benzene rings is 2. The summed E-state index contributed by atoms with van der Waals surface area (Å²) in [6, 6.07) is 14.3. The molecule has 0 radical (unpaired) electrons. The van der Waals surface area contributed by atoms with Crippen LogP contribution in [-0.4, -0.2) is 41.6 Å². The number of aromatic carboxylic acids is 1. The molecular formula is C21H23NO4. The van der Waals surface area contributed by atoms with Gasteiger partial charge in [-0.15, -0.1) is 0 Å². The Morgan fingerprint density at radius 1 is 1.15 bits per heavy atom. The van der Waals surface area contributed by atoms with Crippen molar-refractivity contribution in [3.63, 3.8) is 0 Å². The molecule has 1 fully saturated rings. The number of likely N-dealkylation sites (tertiary alicyclic amines) is 1. The Balaban J connectivity index is 1.72. The normalized spacial score (nSPS) is 17.0. The average Bonchev–Trinajstić information content (AvgIpc) is 2.68. The molecule has 2 aromatic carbocycles. The van der Waals surface area contributed by atoms with E-state index >= 15 is 0 Å². The van der Waals surface area contributed by atoms with Gasteiger partial charge in [0.05, 0.1) is 12.2 Å². The topological polar surface area (TPSA) is 66.8 Å². The lowest BCUT2D eigenvalue weighted by Crippen LogP contribution is -2.39. The van der Waals surface area contributed by atoms with Crippen molar-refractivity contribution in [2.75, 3.05) is 19.7 Å². The van der Waals surface area contributed by atoms with E-state index in [0.717, 1.165) is 24.9 Å². The Bertz CT molecular complexity index is 785. The minimum absolute atomic E-state index is 0.0124. The van der Waals surface area contributed by atoms with Gasteiger partial charge in [0.1, 0.15) is 5.75 Å². The first kappa shape index (κ1) is 18.0. The molecule has 1 atom stereocenters. The number of rotatable bonds is 5. The lowest BCUT2D eigenvalue weighted by atomic mass is 9.90. The van der Waals surface area contributed by atoms with Crippen molar-refractivity contribution in [1.29, 1.82) is 0 Å². The summed E-state index contributed by atoms with van der Waals surface area (Å²) in [7, 11) is 0. The number of carboxylic acids is 1. The molecule has 1 saturated heterocycles. The number of carbonyl (C=O) groups excluding carboxylic acids is 1. The number of carboxylic acid groups (broad SMARTS) is 1. The SMILES string of the molecule is CCOc1cccc(C(=O)N2CCCC(c3ccc(C(=O)O)cc3)C2)c1. The fourth-order valence-corrected chi connectivity index (χ4v) is 3.40. The number of nitrogens with zero attached hydrogens (tertiary/aromatic N) is 1. The predicted molar refractivity (Wildman–Crippen MR) is 98.9 cm³/mol. The van der Waals surface area contributed by atoms with E-state index in [0.29, 0.717) is 24.5 Å². The smallest absolute Gasteiger partial charge is 0.335 e. The highest BCUT2D eigenvalue weighted by molar-refractivity contribution is 5.94. The van der Waals surface area contributed by atoms with Crippen LogP contribution in [0.25, 0.3) is 0 Å². The van der Waals surface area contributed by atoms with Crippen LogP contribution in [0.15, 0.2) is 48.5 Å². The van der Waals surface area contributed by atoms with E-state index in [4.69, 9.17) is 9.84 Å². The van der Waals surface area contributed by atoms with Crippen LogP contribution in [0.2, 0.25) is 0 Å². The molecule has 1 unspecified atom stereocenters. The number of carbonyl (C=O) groups is 2. The van der Waals surface area contributed by atoms with E-state index in [1.54, 1.807) is 18.2 Å². The van der Waals surface area contributed by atoms with Crippen LogP contribution >= 0.6 is 0 Å². The Morgan fingerprint density at radius 2 is 1.92 bits per heavy atom. The zero-order valence-corrected chi connectivity index (χ0v) is 14.9. The largest absolute Gasteiger partial charge is 0.494 e. The quantitative estimate of drug-likeness (QED) is 0.888. The van der Waals surface area contributed by atoms with Gasteiger partial charge in [0.25, 0.3) is 5.91 Å². The number of hydrogen-bond acceptors (Lipinski definition) is 3. The molecule has 1 N–H and O–H groups in total. The molecule has 0 aliphatic carbocycles. The van der Waals surface area contributed by atoms with Crippen LogP contribution in [0.4, 0.5) is 0 Å². The highest BCUT2D eigenvalue weighted by Crippen LogP contribution is 2.28. The molecule has 1 heterocycles. The second-order valence-electron chi connectivity index (χ2n) is 6.48. The Hall–Kier alpha value is -2.82. The van der Waals surface area contributed by atoms with Crippen molar-refractivity contribution in [3.8, 4) is 5.75 Å². The Morgan fingerprint density at radius 3 is 2.62 bits per heavy atom. The van der Waals surface area contributed by atoms with E-state index < -0.39 is 5.97 Å². The van der Waals surface area contributed by atoms with Crippen LogP contribution < -0.4 is 4.74 Å². The molecular weight excluding hydrogens is 330 g/mol. The fourth-order valence-electron chi connectivity index (χ4n) is 3.40. The summed E-state index contributed by atoms with van der Waals surface area (Å²) in [5.74, 6) is 0.0198. The summed E-state index contributed by atoms with van der Waals surface area (Å²) in [6.07, 6.45) is 1.93. The fraction of sp³-hybridized carbons (Fsp3) is 0.333. The minimum atomic E-state index is -0.925. The van der Waals surface area contributed by atoms with Crippen molar-refractivity contribution in [2.45, 2.75) is 25.7 Å². The van der Waals surface area contributed by atoms with Gasteiger partial charge in [-0.25, -0.2) is 4.79 Å². The minimum Gasteiger partial charge on any atom is -0.494 e. The molecule has 5 heteroatoms. The van der Waals surface area contributed by atoms with Crippen molar-refractivity contribution in [2.24, 2.45) is 0 Å². The van der Waals surface area contributed by atoms with Crippen LogP contribution in [0.3, 0.4) is 0 Å². The third-order valence-corrected chi connectivity index (χ3v) is 4.73. The van der Waals surface area contributed by atoms with Gasteiger partial charge in [0, 0.05) is 24.6 Å². The van der Waals surface area contributed by atoms with Gasteiger partial charge in [0.15, 0.2) is 0 Å². The summed E-state index contributed by atoms with van der Waals surface area (Å²) in [5, 5.41) is 9.02. The Kier molecular flexibility index (Phi) is 5.56. The molecule has 0 spiro atoms. The predicted octanol–water partition coefficient (Wildman–Crippen LogP) is 3.80. The molecule has 0 saturated carbocycles. The third kappa shape index (κ3) is 4.04. The van der Waals surface area contributed by atoms with Crippen molar-refractivity contribution < 1.29 is 19.4 Å². The second kappa shape index (κ2) is 8.04. The van der Waals surface area contributed by atoms with Gasteiger partial charge < -0.3 is 14.7 Å². The summed E-state index contributed by atoms with van der Waals surface area (Å²) in [5.41, 5.74) is 2.00. The number of ether oxygens (including phenoxy) is 1. The molecule has 1 aliphatic heterocycles. The van der Waals surface area contributed by atoms with Crippen molar-refractivity contribution in [1.82, 2.24) is 4.90 Å². The molecule has 5 nitrogen and oxygen atoms in total. The van der Waals surface area contributed by atoms with Gasteiger partial charge in [-0.3, -0.25) is 4.79 Å². The summed E-state index contributed by atoms with van der Waals surface area (Å²) in [4.78, 5) is 25.7. The second-order valence-corrected chi connectivity index (χ2v) is 6.48. The van der Waals surface area contributed by atoms with E-state index in [-0.39, 0.29) is 17.4 Å². The van der Waals surface area contributed by atoms with E-state index in [1.807, 2.05) is 42.2 Å². The maximum Gasteiger partial charge on any atom is 0.335 e. The van der Waals surface area contributed by atoms with Crippen LogP contribution in [0.5, 0.6) is 5.75 Å². The van der Waals surface area contributed by atoms with E-state index in [9.17, 15) is 9.59 Å². The third-order valence-electron chi connectivity index (χ3n) is 4.73. The van der Waals surface area contributed by atoms with Crippen LogP contribution in [0.1, 0.15) is 52.0 Å². The molecule has 1 aliphatic rings. The summed E-state index contributed by atoms with van der Waals surface area (Å²) < 4.78 is 5.49. The van der Waals surface area contributed by atoms with Crippen molar-refractivity contribution >= 4 is 11.9 Å². The molecule has 3 rings (SSSR count). The monoisotopic (exact) mass is 353 g/mol. The standard InChI is InChI=1S/C21H23NO4/c1-2-26-19-7-3-5-17(13-19)20(23)22-12-4-6-18(14-22)15-8-10-16(11-9-15)21(24)25/h3,5,7-11,13,18H,2,4,6,12,14H2,1H3,(H,24,25). The molecule has 136 valence electrons. The van der Waals surface area contributed by atoms with Gasteiger partial charge in [-0.05, 0) is 55.7 Å². The first-order chi connectivity index (χ1) is 12.6. The van der Waals surface area contributed by atoms with Crippen LogP contribution in [-0.2, 0) is 0 Å². The maximum absolute atomic E-state index is 12.9. The highest BCUT2D eigenvalue weighted by atomic mass is 16.5. The first-order valence-electron chi connectivity index (χ1n) is 8.94. The molecule has 0 aromatic heterocycles. The molecule has 1 amide bonds. The molecule has 2 aromatic rings. The lowest BCUT2D eigenvalue weighted by molar-refractivity contribution is 0.0693. The van der Waals surface area contributed by atoms with Crippen LogP contribution in [0, 0.1) is 0 Å². The summed E-state index contributed by atoms with van der Waals surface area (Å²) >= 11 is 0. The molecule has 26 heavy (non-hydrogen) atoms. The summed E-state index contributed by atoms with van der Waals surface area (Å²) in [6.45, 7) is 3.86. The average molecular weight is 353 g/mol. The Labute approximate surface area is 153 Å². The van der Waals surface area contributed by atoms with Gasteiger partial charge in [-0.2, -0.15) is 0 Å². The zero-order valence-electron chi connectivity index (χ0n) is 14.9. The van der Waals surface area contributed by atoms with Gasteiger partial charge >= 0.3 is 5.97 Å². The van der Waals surface area contributed by atoms with E-state index in [1.165, 1.54) is 0 Å². The van der Waals surface area contributed by atoms with Gasteiger partial charge in [-0.1, -0.05) is 18.2 Å². The van der Waals surface area contributed by atoms with Crippen molar-refractivity contribution in [3.05, 3.63) is 65.2 Å². The maximum atomic E-state index is 12.9. The van der Waals surface area contributed by atoms with E-state index in [2.05, 4.69) is 0 Å². The lowest BCUT2D eigenvalue weighted by Gasteiger charge is -2.33. The van der Waals surface area contributed by atoms with Gasteiger partial charge in [0.2, 0.25) is 0 Å². The number of amides is 1. The number of hydrogen-bond donors (Lipinski definition) is 1. The highest BCUT2D eigenvalue weighted by Gasteiger charge is 2.25. The zero-order chi connectivity index (χ0) is 18.5. The first-order valence-corrected chi connectivity index (χ1v) is 8.94. The molecule has 0 bridgehead atoms.